The van der Waals surface area contributed by atoms with Gasteiger partial charge in [0.1, 0.15) is 0 Å². The van der Waals surface area contributed by atoms with Gasteiger partial charge >= 0.3 is 0 Å². The van der Waals surface area contributed by atoms with Crippen LogP contribution in [0.5, 0.6) is 0 Å². The van der Waals surface area contributed by atoms with Gasteiger partial charge in [-0.05, 0) is 62.4 Å². The first-order chi connectivity index (χ1) is 9.56. The largest absolute Gasteiger partial charge is 0.330 e. The molecule has 0 heterocycles. The molecule has 2 heteroatoms. The fraction of sp³-hybridized carbons (Fsp3) is 0.667. The van der Waals surface area contributed by atoms with E-state index in [0.717, 1.165) is 18.9 Å². The Morgan fingerprint density at radius 3 is 2.30 bits per heavy atom. The van der Waals surface area contributed by atoms with Crippen molar-refractivity contribution < 1.29 is 0 Å². The zero-order valence-corrected chi connectivity index (χ0v) is 13.7. The summed E-state index contributed by atoms with van der Waals surface area (Å²) in [5.41, 5.74) is 8.43. The van der Waals surface area contributed by atoms with Crippen LogP contribution >= 0.6 is 0 Å². The average molecular weight is 276 g/mol. The maximum atomic E-state index is 5.60. The first-order valence-electron chi connectivity index (χ1n) is 8.04. The molecule has 0 saturated heterocycles. The minimum Gasteiger partial charge on any atom is -0.330 e. The van der Waals surface area contributed by atoms with Crippen LogP contribution in [0.3, 0.4) is 0 Å². The van der Waals surface area contributed by atoms with E-state index in [0.29, 0.717) is 5.92 Å². The maximum Gasteiger partial charge on any atom is 0.000134 e. The summed E-state index contributed by atoms with van der Waals surface area (Å²) in [6.45, 7) is 9.96. The molecule has 0 amide bonds. The Kier molecular flexibility index (Phi) is 7.86. The van der Waals surface area contributed by atoms with Crippen molar-refractivity contribution in [3.63, 3.8) is 0 Å². The molecule has 0 fully saturated rings. The smallest absolute Gasteiger partial charge is 0.000134 e. The van der Waals surface area contributed by atoms with Crippen LogP contribution in [0, 0.1) is 5.92 Å². The van der Waals surface area contributed by atoms with Crippen molar-refractivity contribution in [3.05, 3.63) is 35.4 Å². The minimum atomic E-state index is 0.677. The summed E-state index contributed by atoms with van der Waals surface area (Å²) in [6, 6.07) is 9.06. The lowest BCUT2D eigenvalue weighted by molar-refractivity contribution is 0.283. The molecule has 0 aliphatic heterocycles. The Hall–Kier alpha value is -0.860. The molecule has 0 aromatic heterocycles. The number of hydrogen-bond acceptors (Lipinski definition) is 2. The molecule has 0 saturated carbocycles. The van der Waals surface area contributed by atoms with Crippen molar-refractivity contribution in [2.45, 2.75) is 46.0 Å². The summed E-state index contributed by atoms with van der Waals surface area (Å²) in [5.74, 6) is 1.42. The van der Waals surface area contributed by atoms with E-state index in [4.69, 9.17) is 5.73 Å². The quantitative estimate of drug-likeness (QED) is 0.746. The van der Waals surface area contributed by atoms with Gasteiger partial charge in [-0.1, -0.05) is 45.0 Å². The topological polar surface area (TPSA) is 29.3 Å². The molecule has 20 heavy (non-hydrogen) atoms. The Morgan fingerprint density at radius 2 is 1.80 bits per heavy atom. The molecule has 0 bridgehead atoms. The fourth-order valence-corrected chi connectivity index (χ4v) is 2.82. The van der Waals surface area contributed by atoms with Gasteiger partial charge < -0.3 is 10.6 Å². The lowest BCUT2D eigenvalue weighted by atomic mass is 9.92. The van der Waals surface area contributed by atoms with Crippen LogP contribution in [0.2, 0.25) is 0 Å². The third-order valence-corrected chi connectivity index (χ3v) is 3.91. The van der Waals surface area contributed by atoms with Gasteiger partial charge in [0, 0.05) is 6.54 Å². The number of nitrogens with two attached hydrogens (primary N) is 1. The van der Waals surface area contributed by atoms with Crippen molar-refractivity contribution in [1.29, 1.82) is 0 Å². The number of hydrogen-bond donors (Lipinski definition) is 1. The Morgan fingerprint density at radius 1 is 1.15 bits per heavy atom. The molecule has 0 spiro atoms. The van der Waals surface area contributed by atoms with Crippen LogP contribution in [0.15, 0.2) is 24.3 Å². The zero-order valence-electron chi connectivity index (χ0n) is 13.7. The van der Waals surface area contributed by atoms with Gasteiger partial charge in [0.25, 0.3) is 0 Å². The van der Waals surface area contributed by atoms with Crippen molar-refractivity contribution in [2.24, 2.45) is 11.7 Å². The fourth-order valence-electron chi connectivity index (χ4n) is 2.82. The molecule has 114 valence electrons. The van der Waals surface area contributed by atoms with Crippen LogP contribution in [-0.4, -0.2) is 31.6 Å². The van der Waals surface area contributed by atoms with Crippen LogP contribution in [0.1, 0.15) is 50.7 Å². The van der Waals surface area contributed by atoms with E-state index in [-0.39, 0.29) is 0 Å². The highest BCUT2D eigenvalue weighted by molar-refractivity contribution is 5.25. The maximum absolute atomic E-state index is 5.60. The van der Waals surface area contributed by atoms with Gasteiger partial charge in [-0.2, -0.15) is 0 Å². The molecule has 0 aliphatic carbocycles. The van der Waals surface area contributed by atoms with E-state index in [1.807, 2.05) is 0 Å². The molecule has 1 atom stereocenters. The van der Waals surface area contributed by atoms with E-state index >= 15 is 0 Å². The zero-order chi connectivity index (χ0) is 15.0. The van der Waals surface area contributed by atoms with Crippen LogP contribution < -0.4 is 5.73 Å². The third kappa shape index (κ3) is 6.06. The Balaban J connectivity index is 2.52. The molecule has 0 aliphatic rings. The standard InChI is InChI=1S/C18H32N2/c1-5-17(11-13-20(4)14-15(2)3)18-8-6-16(7-9-18)10-12-19/h6-9,15,17H,5,10-14,19H2,1-4H3. The van der Waals surface area contributed by atoms with Crippen molar-refractivity contribution >= 4 is 0 Å². The lowest BCUT2D eigenvalue weighted by Crippen LogP contribution is -2.25. The van der Waals surface area contributed by atoms with E-state index in [1.165, 1.54) is 37.1 Å². The lowest BCUT2D eigenvalue weighted by Gasteiger charge is -2.22. The monoisotopic (exact) mass is 276 g/mol. The van der Waals surface area contributed by atoms with Crippen molar-refractivity contribution in [3.8, 4) is 0 Å². The normalized spacial score (nSPS) is 13.2. The molecule has 1 aromatic rings. The summed E-state index contributed by atoms with van der Waals surface area (Å²) in [7, 11) is 2.23. The predicted molar refractivity (Wildman–Crippen MR) is 89.2 cm³/mol. The third-order valence-electron chi connectivity index (χ3n) is 3.91. The van der Waals surface area contributed by atoms with Gasteiger partial charge in [-0.15, -0.1) is 0 Å². The molecular formula is C18H32N2. The second-order valence-corrected chi connectivity index (χ2v) is 6.33. The van der Waals surface area contributed by atoms with Gasteiger partial charge in [0.15, 0.2) is 0 Å². The first kappa shape index (κ1) is 17.2. The van der Waals surface area contributed by atoms with Gasteiger partial charge in [-0.25, -0.2) is 0 Å². The summed E-state index contributed by atoms with van der Waals surface area (Å²) in [4.78, 5) is 2.45. The number of benzene rings is 1. The summed E-state index contributed by atoms with van der Waals surface area (Å²) in [6.07, 6.45) is 3.44. The van der Waals surface area contributed by atoms with Crippen LogP contribution in [0.25, 0.3) is 0 Å². The summed E-state index contributed by atoms with van der Waals surface area (Å²) >= 11 is 0. The minimum absolute atomic E-state index is 0.677. The molecule has 2 nitrogen and oxygen atoms in total. The molecule has 0 radical (unpaired) electrons. The number of rotatable bonds is 9. The SMILES string of the molecule is CCC(CCN(C)CC(C)C)c1ccc(CCN)cc1. The second kappa shape index (κ2) is 9.15. The van der Waals surface area contributed by atoms with Crippen LogP contribution in [-0.2, 0) is 6.42 Å². The van der Waals surface area contributed by atoms with E-state index < -0.39 is 0 Å². The average Bonchev–Trinajstić information content (AvgIpc) is 2.40. The van der Waals surface area contributed by atoms with Gasteiger partial charge in [0.2, 0.25) is 0 Å². The summed E-state index contributed by atoms with van der Waals surface area (Å²) < 4.78 is 0. The van der Waals surface area contributed by atoms with E-state index in [1.54, 1.807) is 0 Å². The van der Waals surface area contributed by atoms with Gasteiger partial charge in [0.05, 0.1) is 0 Å². The first-order valence-corrected chi connectivity index (χ1v) is 8.04. The molecule has 2 N–H and O–H groups in total. The Bertz CT molecular complexity index is 356. The van der Waals surface area contributed by atoms with Crippen LogP contribution in [0.4, 0.5) is 0 Å². The highest BCUT2D eigenvalue weighted by Crippen LogP contribution is 2.24. The van der Waals surface area contributed by atoms with Crippen molar-refractivity contribution in [1.82, 2.24) is 4.90 Å². The van der Waals surface area contributed by atoms with E-state index in [2.05, 4.69) is 57.0 Å². The van der Waals surface area contributed by atoms with Crippen molar-refractivity contribution in [2.75, 3.05) is 26.7 Å². The Labute approximate surface area is 125 Å². The highest BCUT2D eigenvalue weighted by Gasteiger charge is 2.11. The van der Waals surface area contributed by atoms with Gasteiger partial charge in [-0.3, -0.25) is 0 Å². The second-order valence-electron chi connectivity index (χ2n) is 6.33. The summed E-state index contributed by atoms with van der Waals surface area (Å²) in [5, 5.41) is 0. The molecule has 1 aromatic carbocycles. The highest BCUT2D eigenvalue weighted by atomic mass is 15.1. The van der Waals surface area contributed by atoms with E-state index in [9.17, 15) is 0 Å². The molecule has 1 rings (SSSR count). The number of nitrogens with zero attached hydrogens (tertiary/aromatic N) is 1. The predicted octanol–water partition coefficient (Wildman–Crippen LogP) is 3.66. The molecule has 1 unspecified atom stereocenters. The molecular weight excluding hydrogens is 244 g/mol.